The molecule has 0 amide bonds. The molecular weight excluding hydrogens is 214 g/mol. The zero-order valence-corrected chi connectivity index (χ0v) is 9.92. The van der Waals surface area contributed by atoms with Crippen molar-refractivity contribution in [1.82, 2.24) is 0 Å². The molecule has 0 spiro atoms. The van der Waals surface area contributed by atoms with E-state index in [0.717, 1.165) is 6.42 Å². The molecule has 1 aliphatic heterocycles. The van der Waals surface area contributed by atoms with E-state index in [1.54, 1.807) is 0 Å². The minimum absolute atomic E-state index is 0.0219. The standard InChI is InChI=1S/C10H17NO3S/c1-3-8(2)9(12)10(6-11)4-5-15(13,14)7-10/h8-9,12H,3-5,7H2,1-2H3. The zero-order valence-electron chi connectivity index (χ0n) is 9.10. The minimum atomic E-state index is -3.14. The average molecular weight is 231 g/mol. The molecule has 0 aromatic heterocycles. The molecule has 4 nitrogen and oxygen atoms in total. The summed E-state index contributed by atoms with van der Waals surface area (Å²) >= 11 is 0. The fourth-order valence-corrected chi connectivity index (χ4v) is 4.01. The predicted octanol–water partition coefficient (Wildman–Crippen LogP) is 0.722. The van der Waals surface area contributed by atoms with Gasteiger partial charge in [-0.1, -0.05) is 20.3 Å². The third-order valence-corrected chi connectivity index (χ3v) is 5.09. The number of hydrogen-bond donors (Lipinski definition) is 1. The number of sulfone groups is 1. The van der Waals surface area contributed by atoms with Crippen molar-refractivity contribution >= 4 is 9.84 Å². The summed E-state index contributed by atoms with van der Waals surface area (Å²) in [6, 6.07) is 2.02. The van der Waals surface area contributed by atoms with Crippen LogP contribution in [0.1, 0.15) is 26.7 Å². The molecule has 1 rings (SSSR count). The van der Waals surface area contributed by atoms with Gasteiger partial charge < -0.3 is 5.11 Å². The average Bonchev–Trinajstić information content (AvgIpc) is 2.53. The van der Waals surface area contributed by atoms with E-state index < -0.39 is 21.4 Å². The lowest BCUT2D eigenvalue weighted by atomic mass is 9.77. The molecule has 0 radical (unpaired) electrons. The van der Waals surface area contributed by atoms with Crippen LogP contribution in [-0.2, 0) is 9.84 Å². The largest absolute Gasteiger partial charge is 0.391 e. The van der Waals surface area contributed by atoms with Crippen molar-refractivity contribution in [3.63, 3.8) is 0 Å². The summed E-state index contributed by atoms with van der Waals surface area (Å²) in [6.45, 7) is 3.76. The number of nitriles is 1. The van der Waals surface area contributed by atoms with Gasteiger partial charge in [-0.15, -0.1) is 0 Å². The molecule has 5 heteroatoms. The first-order valence-electron chi connectivity index (χ1n) is 5.16. The van der Waals surface area contributed by atoms with Gasteiger partial charge in [-0.25, -0.2) is 8.42 Å². The van der Waals surface area contributed by atoms with E-state index in [0.29, 0.717) is 0 Å². The van der Waals surface area contributed by atoms with Crippen LogP contribution >= 0.6 is 0 Å². The van der Waals surface area contributed by atoms with Gasteiger partial charge in [0.05, 0.1) is 29.1 Å². The molecule has 1 aliphatic rings. The molecule has 3 atom stereocenters. The first-order valence-corrected chi connectivity index (χ1v) is 6.99. The second-order valence-corrected chi connectivity index (χ2v) is 6.62. The molecule has 0 aromatic carbocycles. The van der Waals surface area contributed by atoms with Gasteiger partial charge in [-0.3, -0.25) is 0 Å². The van der Waals surface area contributed by atoms with Crippen LogP contribution in [0.2, 0.25) is 0 Å². The Morgan fingerprint density at radius 3 is 2.53 bits per heavy atom. The third-order valence-electron chi connectivity index (χ3n) is 3.31. The number of aliphatic hydroxyl groups is 1. The van der Waals surface area contributed by atoms with Crippen molar-refractivity contribution in [3.05, 3.63) is 0 Å². The number of rotatable bonds is 3. The van der Waals surface area contributed by atoms with Crippen molar-refractivity contribution in [2.75, 3.05) is 11.5 Å². The maximum absolute atomic E-state index is 11.4. The summed E-state index contributed by atoms with van der Waals surface area (Å²) in [5, 5.41) is 19.1. The van der Waals surface area contributed by atoms with Gasteiger partial charge in [-0.05, 0) is 12.3 Å². The molecule has 0 aliphatic carbocycles. The van der Waals surface area contributed by atoms with E-state index in [1.807, 2.05) is 19.9 Å². The second kappa shape index (κ2) is 4.11. The van der Waals surface area contributed by atoms with E-state index in [-0.39, 0.29) is 23.8 Å². The molecule has 0 aromatic rings. The Balaban J connectivity index is 2.95. The summed E-state index contributed by atoms with van der Waals surface area (Å²) in [6.07, 6.45) is 0.159. The molecule has 3 unspecified atom stereocenters. The number of hydrogen-bond acceptors (Lipinski definition) is 4. The highest BCUT2D eigenvalue weighted by Gasteiger charge is 2.49. The quantitative estimate of drug-likeness (QED) is 0.776. The second-order valence-electron chi connectivity index (χ2n) is 4.44. The molecule has 1 N–H and O–H groups in total. The Kier molecular flexibility index (Phi) is 3.41. The summed E-state index contributed by atoms with van der Waals surface area (Å²) < 4.78 is 22.7. The number of nitrogens with zero attached hydrogens (tertiary/aromatic N) is 1. The highest BCUT2D eigenvalue weighted by molar-refractivity contribution is 7.91. The van der Waals surface area contributed by atoms with Crippen molar-refractivity contribution in [3.8, 4) is 6.07 Å². The van der Waals surface area contributed by atoms with Crippen LogP contribution < -0.4 is 0 Å². The van der Waals surface area contributed by atoms with Gasteiger partial charge in [0.25, 0.3) is 0 Å². The molecule has 15 heavy (non-hydrogen) atoms. The highest BCUT2D eigenvalue weighted by atomic mass is 32.2. The molecule has 0 saturated carbocycles. The molecule has 1 heterocycles. The van der Waals surface area contributed by atoms with Crippen LogP contribution in [0.4, 0.5) is 0 Å². The normalized spacial score (nSPS) is 33.2. The van der Waals surface area contributed by atoms with Gasteiger partial charge >= 0.3 is 0 Å². The Morgan fingerprint density at radius 1 is 1.60 bits per heavy atom. The van der Waals surface area contributed by atoms with E-state index >= 15 is 0 Å². The van der Waals surface area contributed by atoms with Crippen LogP contribution in [0, 0.1) is 22.7 Å². The van der Waals surface area contributed by atoms with E-state index in [2.05, 4.69) is 0 Å². The Labute approximate surface area is 90.8 Å². The van der Waals surface area contributed by atoms with Gasteiger partial charge in [-0.2, -0.15) is 5.26 Å². The van der Waals surface area contributed by atoms with Gasteiger partial charge in [0.15, 0.2) is 9.84 Å². The zero-order chi connectivity index (χ0) is 11.7. The van der Waals surface area contributed by atoms with Crippen molar-refractivity contribution in [2.45, 2.75) is 32.8 Å². The predicted molar refractivity (Wildman–Crippen MR) is 56.8 cm³/mol. The van der Waals surface area contributed by atoms with Crippen molar-refractivity contribution in [2.24, 2.45) is 11.3 Å². The lowest BCUT2D eigenvalue weighted by molar-refractivity contribution is 0.0310. The van der Waals surface area contributed by atoms with E-state index in [9.17, 15) is 13.5 Å². The van der Waals surface area contributed by atoms with E-state index in [1.165, 1.54) is 0 Å². The van der Waals surface area contributed by atoms with Gasteiger partial charge in [0.1, 0.15) is 0 Å². The van der Waals surface area contributed by atoms with Crippen LogP contribution in [0.3, 0.4) is 0 Å². The summed E-state index contributed by atoms with van der Waals surface area (Å²) in [5.74, 6) is -0.214. The maximum Gasteiger partial charge on any atom is 0.152 e. The Bertz CT molecular complexity index is 371. The van der Waals surface area contributed by atoms with Crippen LogP contribution in [0.15, 0.2) is 0 Å². The molecular formula is C10H17NO3S. The topological polar surface area (TPSA) is 78.2 Å². The summed E-state index contributed by atoms with van der Waals surface area (Å²) in [4.78, 5) is 0. The minimum Gasteiger partial charge on any atom is -0.391 e. The summed E-state index contributed by atoms with van der Waals surface area (Å²) in [5.41, 5.74) is -1.08. The highest BCUT2D eigenvalue weighted by Crippen LogP contribution is 2.38. The first-order chi connectivity index (χ1) is 6.87. The van der Waals surface area contributed by atoms with Crippen LogP contribution in [0.5, 0.6) is 0 Å². The number of aliphatic hydroxyl groups excluding tert-OH is 1. The molecule has 1 saturated heterocycles. The van der Waals surface area contributed by atoms with Crippen LogP contribution in [0.25, 0.3) is 0 Å². The molecule has 86 valence electrons. The third kappa shape index (κ3) is 2.32. The summed E-state index contributed by atoms with van der Waals surface area (Å²) in [7, 11) is -3.14. The van der Waals surface area contributed by atoms with Gasteiger partial charge in [0.2, 0.25) is 0 Å². The smallest absolute Gasteiger partial charge is 0.152 e. The lowest BCUT2D eigenvalue weighted by Gasteiger charge is -2.29. The van der Waals surface area contributed by atoms with Crippen molar-refractivity contribution < 1.29 is 13.5 Å². The van der Waals surface area contributed by atoms with Crippen molar-refractivity contribution in [1.29, 1.82) is 5.26 Å². The fourth-order valence-electron chi connectivity index (χ4n) is 2.03. The lowest BCUT2D eigenvalue weighted by Crippen LogP contribution is -2.39. The van der Waals surface area contributed by atoms with Crippen LogP contribution in [-0.4, -0.2) is 31.1 Å². The molecule has 1 fully saturated rings. The Morgan fingerprint density at radius 2 is 2.20 bits per heavy atom. The SMILES string of the molecule is CCC(C)C(O)C1(C#N)CCS(=O)(=O)C1. The van der Waals surface area contributed by atoms with E-state index in [4.69, 9.17) is 5.26 Å². The maximum atomic E-state index is 11.4. The molecule has 0 bridgehead atoms. The Hall–Kier alpha value is -0.600. The first kappa shape index (κ1) is 12.5. The van der Waals surface area contributed by atoms with Gasteiger partial charge in [0, 0.05) is 0 Å². The monoisotopic (exact) mass is 231 g/mol. The fraction of sp³-hybridized carbons (Fsp3) is 0.900.